The third-order valence-corrected chi connectivity index (χ3v) is 13.9. The summed E-state index contributed by atoms with van der Waals surface area (Å²) in [6.45, 7) is 6.89. The number of aliphatic hydroxyl groups excluding tert-OH is 2. The van der Waals surface area contributed by atoms with E-state index in [0.29, 0.717) is 5.56 Å². The summed E-state index contributed by atoms with van der Waals surface area (Å²) in [6, 6.07) is 1.62. The van der Waals surface area contributed by atoms with Gasteiger partial charge in [0.1, 0.15) is 18.1 Å². The molecule has 26 heteroatoms. The number of aliphatic hydroxyl groups is 2. The highest BCUT2D eigenvalue weighted by molar-refractivity contribution is 7.25. The molecule has 1 aliphatic rings. The minimum atomic E-state index is -1.38. The second-order valence-corrected chi connectivity index (χ2v) is 20.9. The number of likely N-dealkylation sites (N-methyl/N-ethyl adjacent to an activating group) is 1. The van der Waals surface area contributed by atoms with Crippen molar-refractivity contribution in [2.24, 2.45) is 23.7 Å². The van der Waals surface area contributed by atoms with E-state index in [-0.39, 0.29) is 98.0 Å². The molecule has 1 saturated heterocycles. The van der Waals surface area contributed by atoms with Crippen molar-refractivity contribution in [1.29, 1.82) is 5.16 Å². The van der Waals surface area contributed by atoms with E-state index in [1.165, 1.54) is 20.9 Å². The van der Waals surface area contributed by atoms with E-state index < -0.39 is 132 Å². The maximum Gasteiger partial charge on any atom is 0.243 e. The summed E-state index contributed by atoms with van der Waals surface area (Å²) in [4.78, 5) is 127. The summed E-state index contributed by atoms with van der Waals surface area (Å²) in [6.07, 6.45) is -3.44. The van der Waals surface area contributed by atoms with E-state index in [2.05, 4.69) is 80.7 Å². The van der Waals surface area contributed by atoms with Gasteiger partial charge >= 0.3 is 0 Å². The third-order valence-electron chi connectivity index (χ3n) is 12.5. The van der Waals surface area contributed by atoms with Gasteiger partial charge in [-0.1, -0.05) is 72.4 Å². The fraction of sp³-hybridized carbons (Fsp3) is 0.681. The smallest absolute Gasteiger partial charge is 0.243 e. The minimum Gasteiger partial charge on any atom is -0.393 e. The van der Waals surface area contributed by atoms with Gasteiger partial charge in [0.05, 0.1) is 36.3 Å². The molecule has 14 unspecified atom stereocenters. The Balaban J connectivity index is 2.81. The standard InChI is InChI=1S/C47H81N11O11P4/c1-26(2)21-36-39(62)24-31(12-18-52-71)42(64)54-34(15-20-73-48)40(63)25-32(27(3)59)44(66)50-16-13-33(55-45(67)35(14-19-53-72)56-47(69)41(49-5)28(4)60)38(61)23-30(11-17-51-70)43(65)58-37(46(68)57-36)22-29-9-7-6-8-10-29/h6-10,26-28,30-37,41,48-49,51-53,59-60H,11-25,70-72H2,1-5H3,(H,50,66)(H,54,64)(H,55,67)(H,56,69)(H,57,68)(H,58,65). The Morgan fingerprint density at radius 2 is 1.29 bits per heavy atom. The van der Waals surface area contributed by atoms with Gasteiger partial charge in [-0.05, 0) is 92.4 Å². The van der Waals surface area contributed by atoms with Crippen LogP contribution in [0.2, 0.25) is 0 Å². The molecule has 1 aromatic carbocycles. The highest BCUT2D eigenvalue weighted by atomic mass is 31.1. The van der Waals surface area contributed by atoms with Crippen molar-refractivity contribution in [3.05, 3.63) is 35.9 Å². The Labute approximate surface area is 438 Å². The first-order valence-corrected chi connectivity index (χ1v) is 27.6. The Hall–Kier alpha value is -3.80. The Morgan fingerprint density at radius 1 is 0.726 bits per heavy atom. The zero-order valence-electron chi connectivity index (χ0n) is 42.7. The first-order valence-electron chi connectivity index (χ1n) is 24.8. The highest BCUT2D eigenvalue weighted by Crippen LogP contribution is 2.20. The molecule has 22 nitrogen and oxygen atoms in total. The van der Waals surface area contributed by atoms with Gasteiger partial charge in [0.15, 0.2) is 17.3 Å². The number of hydrogen-bond donors (Lipinski definition) is 13. The molecule has 0 aromatic heterocycles. The number of carbonyl (C=O) groups excluding carboxylic acids is 9. The highest BCUT2D eigenvalue weighted by Gasteiger charge is 2.37. The van der Waals surface area contributed by atoms with Crippen molar-refractivity contribution in [2.75, 3.05) is 39.4 Å². The van der Waals surface area contributed by atoms with Crippen LogP contribution in [0.3, 0.4) is 0 Å². The molecule has 0 saturated carbocycles. The van der Waals surface area contributed by atoms with Gasteiger partial charge in [0.25, 0.3) is 0 Å². The van der Waals surface area contributed by atoms with Crippen LogP contribution in [0.15, 0.2) is 30.3 Å². The van der Waals surface area contributed by atoms with E-state index in [1.54, 1.807) is 30.3 Å². The third kappa shape index (κ3) is 23.7. The van der Waals surface area contributed by atoms with Crippen LogP contribution in [0, 0.1) is 28.8 Å². The maximum absolute atomic E-state index is 14.6. The van der Waals surface area contributed by atoms with Crippen LogP contribution in [0.4, 0.5) is 0 Å². The molecular weight excluding hydrogens is 1020 g/mol. The quantitative estimate of drug-likeness (QED) is 0.0626. The number of benzene rings is 1. The van der Waals surface area contributed by atoms with Crippen LogP contribution in [-0.4, -0.2) is 151 Å². The molecule has 0 radical (unpaired) electrons. The van der Waals surface area contributed by atoms with E-state index in [9.17, 15) is 53.4 Å². The number of ketones is 3. The molecule has 0 spiro atoms. The molecule has 73 heavy (non-hydrogen) atoms. The summed E-state index contributed by atoms with van der Waals surface area (Å²) in [7, 11) is 8.59. The molecule has 13 N–H and O–H groups in total. The Kier molecular flexibility index (Phi) is 31.7. The molecule has 410 valence electrons. The summed E-state index contributed by atoms with van der Waals surface area (Å²) in [5.41, 5.74) is 0.678. The number of Topliss-reactive ketones (excluding diaryl/α,β-unsaturated/α-hetero) is 3. The molecule has 1 aliphatic heterocycles. The Morgan fingerprint density at radius 3 is 1.82 bits per heavy atom. The Bertz CT molecular complexity index is 1970. The SMILES string of the molecule is CNC(C(=O)NC(CCNP)C(=O)NC1CCNC(=O)C(C(C)O)CC(=O)C(CCP=N)NC(=O)C(CCNP)CC(=O)C(CC(C)C)NC(=O)C(Cc2ccccc2)NC(=O)C(CCNP)CC1=O)C(C)O. The van der Waals surface area contributed by atoms with Crippen molar-refractivity contribution in [2.45, 2.75) is 140 Å². The monoisotopic (exact) mass is 1100 g/mol. The van der Waals surface area contributed by atoms with Crippen molar-refractivity contribution in [1.82, 2.24) is 52.5 Å². The average Bonchev–Trinajstić information content (AvgIpc) is 3.34. The zero-order chi connectivity index (χ0) is 54.6. The maximum atomic E-state index is 14.6. The van der Waals surface area contributed by atoms with Crippen molar-refractivity contribution >= 4 is 89.3 Å². The summed E-state index contributed by atoms with van der Waals surface area (Å²) in [5.74, 6) is -9.46. The predicted molar refractivity (Wildman–Crippen MR) is 289 cm³/mol. The van der Waals surface area contributed by atoms with E-state index >= 15 is 0 Å². The second-order valence-electron chi connectivity index (χ2n) is 18.9. The second kappa shape index (κ2) is 35.5. The van der Waals surface area contributed by atoms with Crippen LogP contribution in [0.25, 0.3) is 0 Å². The van der Waals surface area contributed by atoms with E-state index in [4.69, 9.17) is 5.16 Å². The molecule has 1 aromatic rings. The largest absolute Gasteiger partial charge is 0.393 e. The van der Waals surface area contributed by atoms with Gasteiger partial charge < -0.3 is 62.7 Å². The van der Waals surface area contributed by atoms with Crippen LogP contribution in [0.5, 0.6) is 0 Å². The van der Waals surface area contributed by atoms with Gasteiger partial charge in [-0.2, -0.15) is 0 Å². The molecule has 1 fully saturated rings. The lowest BCUT2D eigenvalue weighted by atomic mass is 9.89. The van der Waals surface area contributed by atoms with Gasteiger partial charge in [-0.25, -0.2) is 0 Å². The lowest BCUT2D eigenvalue weighted by Gasteiger charge is -2.28. The topological polar surface area (TPSA) is 338 Å². The van der Waals surface area contributed by atoms with Crippen LogP contribution in [-0.2, 0) is 49.6 Å². The molecule has 0 bridgehead atoms. The number of nitrogens with one attached hydrogen (secondary N) is 11. The fourth-order valence-electron chi connectivity index (χ4n) is 8.34. The number of carbonyl (C=O) groups is 9. The van der Waals surface area contributed by atoms with Gasteiger partial charge in [-0.3, -0.25) is 48.3 Å². The van der Waals surface area contributed by atoms with Crippen molar-refractivity contribution < 1.29 is 53.4 Å². The van der Waals surface area contributed by atoms with Gasteiger partial charge in [-0.15, -0.1) is 0 Å². The van der Waals surface area contributed by atoms with E-state index in [1.807, 2.05) is 13.8 Å². The fourth-order valence-corrected chi connectivity index (χ4v) is 9.23. The molecular formula is C47H81N11O11P4. The molecule has 1 heterocycles. The predicted octanol–water partition coefficient (Wildman–Crippen LogP) is -0.297. The lowest BCUT2D eigenvalue weighted by Crippen LogP contribution is -2.57. The summed E-state index contributed by atoms with van der Waals surface area (Å²) >= 11 is 0. The zero-order valence-corrected chi connectivity index (χ0v) is 47.0. The molecule has 14 atom stereocenters. The normalized spacial score (nSPS) is 24.4. The van der Waals surface area contributed by atoms with Crippen LogP contribution < -0.4 is 52.5 Å². The number of rotatable bonds is 23. The summed E-state index contributed by atoms with van der Waals surface area (Å²) < 4.78 is 0. The van der Waals surface area contributed by atoms with Gasteiger partial charge in [0, 0.05) is 56.8 Å². The van der Waals surface area contributed by atoms with Gasteiger partial charge in [0.2, 0.25) is 35.4 Å². The molecule has 0 aliphatic carbocycles. The van der Waals surface area contributed by atoms with Crippen LogP contribution in [0.1, 0.15) is 91.0 Å². The van der Waals surface area contributed by atoms with Crippen LogP contribution >= 0.6 is 36.5 Å². The summed E-state index contributed by atoms with van der Waals surface area (Å²) in [5, 5.41) is 56.6. The number of hydrogen-bond acceptors (Lipinski definition) is 16. The molecule has 6 amide bonds. The molecule has 2 rings (SSSR count). The van der Waals surface area contributed by atoms with Crippen molar-refractivity contribution in [3.8, 4) is 0 Å². The first kappa shape index (κ1) is 65.3. The first-order chi connectivity index (χ1) is 34.7. The van der Waals surface area contributed by atoms with E-state index in [0.717, 1.165) is 0 Å². The number of amides is 6. The van der Waals surface area contributed by atoms with Crippen molar-refractivity contribution in [3.63, 3.8) is 0 Å². The minimum absolute atomic E-state index is 0.00485. The lowest BCUT2D eigenvalue weighted by molar-refractivity contribution is -0.136. The average molecular weight is 1100 g/mol.